The smallest absolute Gasteiger partial charge is 0.137 e. The van der Waals surface area contributed by atoms with Crippen LogP contribution in [0.4, 0.5) is 5.82 Å². The van der Waals surface area contributed by atoms with Crippen LogP contribution in [0.1, 0.15) is 50.9 Å². The molecule has 0 radical (unpaired) electrons. The molecule has 1 aromatic rings. The van der Waals surface area contributed by atoms with Gasteiger partial charge in [-0.3, -0.25) is 0 Å². The summed E-state index contributed by atoms with van der Waals surface area (Å²) in [7, 11) is 0. The van der Waals surface area contributed by atoms with Gasteiger partial charge >= 0.3 is 0 Å². The number of hydrogen-bond acceptors (Lipinski definition) is 3. The predicted octanol–water partition coefficient (Wildman–Crippen LogP) is 3.77. The highest BCUT2D eigenvalue weighted by atomic mass is 35.5. The molecule has 0 amide bonds. The molecule has 1 aliphatic rings. The summed E-state index contributed by atoms with van der Waals surface area (Å²) in [4.78, 5) is 11.4. The number of aryl methyl sites for hydroxylation is 1. The number of hydrogen-bond donors (Lipinski definition) is 0. The van der Waals surface area contributed by atoms with Gasteiger partial charge in [-0.05, 0) is 26.7 Å². The Morgan fingerprint density at radius 2 is 2.06 bits per heavy atom. The number of halogens is 1. The van der Waals surface area contributed by atoms with Gasteiger partial charge in [0.15, 0.2) is 0 Å². The van der Waals surface area contributed by atoms with Crippen LogP contribution in [-0.2, 0) is 6.42 Å². The molecule has 0 saturated carbocycles. The van der Waals surface area contributed by atoms with E-state index in [0.717, 1.165) is 30.2 Å². The van der Waals surface area contributed by atoms with Crippen LogP contribution >= 0.6 is 11.6 Å². The Hall–Kier alpha value is -0.830. The summed E-state index contributed by atoms with van der Waals surface area (Å²) in [6.45, 7) is 7.45. The normalized spacial score (nSPS) is 20.9. The fourth-order valence-electron chi connectivity index (χ4n) is 2.55. The van der Waals surface area contributed by atoms with Crippen molar-refractivity contribution in [1.29, 1.82) is 0 Å². The second-order valence-corrected chi connectivity index (χ2v) is 5.48. The average Bonchev–Trinajstić information content (AvgIpc) is 2.57. The fraction of sp³-hybridized carbons (Fsp3) is 0.714. The van der Waals surface area contributed by atoms with Crippen LogP contribution in [0.5, 0.6) is 0 Å². The Morgan fingerprint density at radius 3 is 2.78 bits per heavy atom. The molecule has 2 heterocycles. The van der Waals surface area contributed by atoms with Crippen molar-refractivity contribution < 1.29 is 0 Å². The Kier molecular flexibility index (Phi) is 4.44. The number of nitrogens with zero attached hydrogens (tertiary/aromatic N) is 3. The molecular weight excluding hydrogens is 246 g/mol. The molecule has 0 N–H and O–H groups in total. The number of rotatable bonds is 2. The third-order valence-corrected chi connectivity index (χ3v) is 4.12. The third kappa shape index (κ3) is 2.77. The topological polar surface area (TPSA) is 29.0 Å². The maximum Gasteiger partial charge on any atom is 0.137 e. The van der Waals surface area contributed by atoms with Gasteiger partial charge in [-0.2, -0.15) is 0 Å². The lowest BCUT2D eigenvalue weighted by atomic mass is 10.1. The Bertz CT molecular complexity index is 420. The van der Waals surface area contributed by atoms with E-state index in [1.165, 1.54) is 25.7 Å². The summed E-state index contributed by atoms with van der Waals surface area (Å²) >= 11 is 6.23. The molecule has 2 rings (SSSR count). The fourth-order valence-corrected chi connectivity index (χ4v) is 2.73. The van der Waals surface area contributed by atoms with E-state index in [0.29, 0.717) is 11.2 Å². The Labute approximate surface area is 115 Å². The minimum atomic E-state index is 0.543. The van der Waals surface area contributed by atoms with Crippen molar-refractivity contribution in [2.75, 3.05) is 11.4 Å². The molecule has 4 heteroatoms. The van der Waals surface area contributed by atoms with E-state index in [2.05, 4.69) is 23.7 Å². The zero-order valence-electron chi connectivity index (χ0n) is 11.5. The molecule has 1 aromatic heterocycles. The van der Waals surface area contributed by atoms with Crippen molar-refractivity contribution in [2.45, 2.75) is 58.9 Å². The summed E-state index contributed by atoms with van der Waals surface area (Å²) in [6.07, 6.45) is 5.94. The molecule has 1 fully saturated rings. The Balaban J connectivity index is 2.38. The van der Waals surface area contributed by atoms with Crippen molar-refractivity contribution in [3.63, 3.8) is 0 Å². The zero-order chi connectivity index (χ0) is 13.1. The minimum absolute atomic E-state index is 0.543. The molecule has 1 saturated heterocycles. The van der Waals surface area contributed by atoms with Crippen LogP contribution in [0.2, 0.25) is 5.15 Å². The molecule has 0 aliphatic carbocycles. The first-order valence-corrected chi connectivity index (χ1v) is 7.31. The van der Waals surface area contributed by atoms with Crippen LogP contribution in [0, 0.1) is 6.92 Å². The monoisotopic (exact) mass is 267 g/mol. The van der Waals surface area contributed by atoms with E-state index in [4.69, 9.17) is 16.6 Å². The molecule has 1 atom stereocenters. The van der Waals surface area contributed by atoms with Gasteiger partial charge in [0.05, 0.1) is 0 Å². The largest absolute Gasteiger partial charge is 0.354 e. The maximum atomic E-state index is 6.23. The summed E-state index contributed by atoms with van der Waals surface area (Å²) in [5.41, 5.74) is 1.02. The summed E-state index contributed by atoms with van der Waals surface area (Å²) < 4.78 is 0. The van der Waals surface area contributed by atoms with Crippen molar-refractivity contribution in [2.24, 2.45) is 0 Å². The quantitative estimate of drug-likeness (QED) is 0.764. The van der Waals surface area contributed by atoms with E-state index >= 15 is 0 Å². The van der Waals surface area contributed by atoms with Crippen molar-refractivity contribution in [3.8, 4) is 0 Å². The van der Waals surface area contributed by atoms with Gasteiger partial charge in [0.1, 0.15) is 16.8 Å². The van der Waals surface area contributed by atoms with E-state index in [1.807, 2.05) is 6.92 Å². The molecule has 1 unspecified atom stereocenters. The average molecular weight is 268 g/mol. The molecule has 3 nitrogen and oxygen atoms in total. The van der Waals surface area contributed by atoms with E-state index in [9.17, 15) is 0 Å². The Morgan fingerprint density at radius 1 is 1.28 bits per heavy atom. The van der Waals surface area contributed by atoms with Crippen LogP contribution in [0.25, 0.3) is 0 Å². The highest BCUT2D eigenvalue weighted by molar-refractivity contribution is 6.30. The summed E-state index contributed by atoms with van der Waals surface area (Å²) in [5.74, 6) is 1.89. The van der Waals surface area contributed by atoms with Crippen molar-refractivity contribution in [3.05, 3.63) is 16.5 Å². The van der Waals surface area contributed by atoms with Crippen LogP contribution in [0.3, 0.4) is 0 Å². The first-order valence-electron chi connectivity index (χ1n) is 6.93. The predicted molar refractivity (Wildman–Crippen MR) is 76.4 cm³/mol. The lowest BCUT2D eigenvalue weighted by molar-refractivity contribution is 0.608. The van der Waals surface area contributed by atoms with E-state index < -0.39 is 0 Å². The van der Waals surface area contributed by atoms with Gasteiger partial charge in [-0.15, -0.1) is 0 Å². The highest BCUT2D eigenvalue weighted by Crippen LogP contribution is 2.28. The van der Waals surface area contributed by atoms with Gasteiger partial charge in [0.25, 0.3) is 0 Å². The zero-order valence-corrected chi connectivity index (χ0v) is 12.3. The van der Waals surface area contributed by atoms with Gasteiger partial charge in [0, 0.05) is 24.6 Å². The van der Waals surface area contributed by atoms with E-state index in [1.54, 1.807) is 0 Å². The molecule has 0 aromatic carbocycles. The first-order chi connectivity index (χ1) is 8.63. The lowest BCUT2D eigenvalue weighted by Crippen LogP contribution is -2.34. The summed E-state index contributed by atoms with van der Waals surface area (Å²) in [6, 6.07) is 0.543. The highest BCUT2D eigenvalue weighted by Gasteiger charge is 2.21. The van der Waals surface area contributed by atoms with Crippen LogP contribution in [0.15, 0.2) is 0 Å². The second-order valence-electron chi connectivity index (χ2n) is 5.12. The molecule has 1 aliphatic heterocycles. The molecule has 0 bridgehead atoms. The SMILES string of the molecule is CCc1nc(Cl)c(C)c(N2CCCCCC2C)n1. The molecule has 18 heavy (non-hydrogen) atoms. The maximum absolute atomic E-state index is 6.23. The standard InChI is InChI=1S/C14H22ClN3/c1-4-12-16-13(15)11(3)14(17-12)18-9-7-5-6-8-10(18)2/h10H,4-9H2,1-3H3. The van der Waals surface area contributed by atoms with Gasteiger partial charge in [0.2, 0.25) is 0 Å². The van der Waals surface area contributed by atoms with Gasteiger partial charge in [-0.1, -0.05) is 31.4 Å². The summed E-state index contributed by atoms with van der Waals surface area (Å²) in [5, 5.41) is 0.605. The number of anilines is 1. The van der Waals surface area contributed by atoms with Crippen molar-refractivity contribution in [1.82, 2.24) is 9.97 Å². The van der Waals surface area contributed by atoms with E-state index in [-0.39, 0.29) is 0 Å². The third-order valence-electron chi connectivity index (χ3n) is 3.75. The first kappa shape index (κ1) is 13.6. The molecular formula is C14H22ClN3. The molecule has 0 spiro atoms. The van der Waals surface area contributed by atoms with Gasteiger partial charge < -0.3 is 4.90 Å². The van der Waals surface area contributed by atoms with Gasteiger partial charge in [-0.25, -0.2) is 9.97 Å². The van der Waals surface area contributed by atoms with Crippen LogP contribution < -0.4 is 4.90 Å². The molecule has 100 valence electrons. The minimum Gasteiger partial charge on any atom is -0.354 e. The van der Waals surface area contributed by atoms with Crippen LogP contribution in [-0.4, -0.2) is 22.6 Å². The van der Waals surface area contributed by atoms with Crippen molar-refractivity contribution >= 4 is 17.4 Å². The number of aromatic nitrogens is 2. The second kappa shape index (κ2) is 5.87. The lowest BCUT2D eigenvalue weighted by Gasteiger charge is -2.30.